The van der Waals surface area contributed by atoms with Crippen LogP contribution in [0.15, 0.2) is 34.1 Å². The number of carbonyl (C=O) groups excluding carboxylic acids is 1. The quantitative estimate of drug-likeness (QED) is 0.160. The second kappa shape index (κ2) is 14.7. The molecule has 0 spiro atoms. The average Bonchev–Trinajstić information content (AvgIpc) is 3.74. The lowest BCUT2D eigenvalue weighted by Gasteiger charge is -2.20. The van der Waals surface area contributed by atoms with Crippen molar-refractivity contribution in [2.45, 2.75) is 78.8 Å². The van der Waals surface area contributed by atoms with Crippen LogP contribution >= 0.6 is 0 Å². The normalized spacial score (nSPS) is 23.6. The van der Waals surface area contributed by atoms with Crippen molar-refractivity contribution >= 4 is 65.4 Å². The van der Waals surface area contributed by atoms with Crippen LogP contribution in [0.2, 0.25) is 0 Å². The molecule has 8 bridgehead atoms. The topological polar surface area (TPSA) is 234 Å². The van der Waals surface area contributed by atoms with E-state index in [9.17, 15) is 44.4 Å². The summed E-state index contributed by atoms with van der Waals surface area (Å²) in [7, 11) is 0. The van der Waals surface area contributed by atoms with E-state index in [0.29, 0.717) is 23.0 Å². The van der Waals surface area contributed by atoms with Crippen LogP contribution in [0.5, 0.6) is 0 Å². The maximum absolute atomic E-state index is 13.6. The van der Waals surface area contributed by atoms with Crippen molar-refractivity contribution < 1.29 is 44.4 Å². The fourth-order valence-electron chi connectivity index (χ4n) is 7.43. The summed E-state index contributed by atoms with van der Waals surface area (Å²) in [4.78, 5) is 73.5. The minimum Gasteiger partial charge on any atom is -0.481 e. The maximum atomic E-state index is 13.6. The summed E-state index contributed by atoms with van der Waals surface area (Å²) in [5.41, 5.74) is 7.54. The number of aromatic amines is 2. The van der Waals surface area contributed by atoms with Crippen LogP contribution in [0.25, 0.3) is 29.9 Å². The number of carboxylic acids is 4. The number of rotatable bonds is 12. The first-order valence-corrected chi connectivity index (χ1v) is 17.0. The second-order valence-corrected chi connectivity index (χ2v) is 13.4. The van der Waals surface area contributed by atoms with E-state index in [0.717, 1.165) is 39.4 Å². The molecule has 1 amide bonds. The number of carboxylic acid groups (broad SMARTS) is 4. The van der Waals surface area contributed by atoms with E-state index in [1.807, 2.05) is 45.9 Å². The molecule has 5 rings (SSSR count). The van der Waals surface area contributed by atoms with Gasteiger partial charge >= 0.3 is 23.9 Å². The molecule has 52 heavy (non-hydrogen) atoms. The first-order chi connectivity index (χ1) is 24.6. The summed E-state index contributed by atoms with van der Waals surface area (Å²) in [5.74, 6) is -7.18. The molecule has 14 heteroatoms. The Labute approximate surface area is 299 Å². The van der Waals surface area contributed by atoms with E-state index in [1.54, 1.807) is 13.0 Å². The maximum Gasteiger partial charge on any atom is 0.338 e. The van der Waals surface area contributed by atoms with Gasteiger partial charge in [0, 0.05) is 57.5 Å². The molecule has 0 aromatic carbocycles. The summed E-state index contributed by atoms with van der Waals surface area (Å²) < 4.78 is 0. The van der Waals surface area contributed by atoms with Gasteiger partial charge in [0.25, 0.3) is 0 Å². The van der Waals surface area contributed by atoms with Crippen molar-refractivity contribution in [1.82, 2.24) is 20.6 Å². The van der Waals surface area contributed by atoms with Crippen LogP contribution in [-0.2, 0) is 19.2 Å². The molecular weight excluding hydrogens is 670 g/mol. The number of hydrogen-bond donors (Lipinski definition) is 8. The van der Waals surface area contributed by atoms with E-state index in [4.69, 9.17) is 4.99 Å². The van der Waals surface area contributed by atoms with Gasteiger partial charge in [-0.1, -0.05) is 26.5 Å². The number of aliphatic imine (C=N–C) groups is 1. The third-order valence-corrected chi connectivity index (χ3v) is 10.2. The Morgan fingerprint density at radius 2 is 1.71 bits per heavy atom. The molecule has 2 aromatic heterocycles. The molecule has 274 valence electrons. The van der Waals surface area contributed by atoms with Crippen LogP contribution in [0.4, 0.5) is 0 Å². The minimum absolute atomic E-state index is 0.0657. The Balaban J connectivity index is 1.87. The largest absolute Gasteiger partial charge is 0.481 e. The van der Waals surface area contributed by atoms with Crippen molar-refractivity contribution in [3.63, 3.8) is 0 Å². The van der Waals surface area contributed by atoms with Crippen LogP contribution in [0, 0.1) is 25.7 Å². The third kappa shape index (κ3) is 7.13. The molecule has 2 aromatic rings. The van der Waals surface area contributed by atoms with Crippen LogP contribution < -0.4 is 21.3 Å². The summed E-state index contributed by atoms with van der Waals surface area (Å²) in [6.45, 7) is 13.6. The monoisotopic (exact) mass is 713 g/mol. The summed E-state index contributed by atoms with van der Waals surface area (Å²) in [6, 6.07) is -2.08. The first-order valence-electron chi connectivity index (χ1n) is 17.0. The van der Waals surface area contributed by atoms with Crippen molar-refractivity contribution in [2.24, 2.45) is 16.8 Å². The Kier molecular flexibility index (Phi) is 10.6. The van der Waals surface area contributed by atoms with Crippen LogP contribution in [0.1, 0.15) is 91.3 Å². The number of allylic oxidation sites excluding steroid dienone is 2. The smallest absolute Gasteiger partial charge is 0.338 e. The number of carbonyl (C=O) groups is 5. The molecule has 0 saturated heterocycles. The predicted octanol–water partition coefficient (Wildman–Crippen LogP) is 3.33. The first kappa shape index (κ1) is 37.3. The lowest BCUT2D eigenvalue weighted by molar-refractivity contribution is -0.147. The van der Waals surface area contributed by atoms with Crippen LogP contribution in [-0.4, -0.2) is 78.0 Å². The standard InChI is InChI=1S/C38H43N5O9/c1-7-20-16(3)24-12-26-18(5)22(9-10-32(45)46)35(42-26)23(11-31(44)41-30(37(49)50)15-33(47)48)36-34(38(51)52)19(6)27(43-36)14-29-21(8-2)17(4)25(40-29)13-28(20)39-24/h7,12-14,18,22,29-30,39-40,43H,1,8-11,15H2,2-6H3,(H,41,44)(H,45,46)(H,47,48)(H,49,50)(H,51,52)/b25-13-,26-12-,27-14-,36-23-/t18-,22-,29?,30-/m0/s1. The predicted molar refractivity (Wildman–Crippen MR) is 194 cm³/mol. The summed E-state index contributed by atoms with van der Waals surface area (Å²) >= 11 is 0. The Bertz CT molecular complexity index is 2160. The number of nitrogens with one attached hydrogen (secondary N) is 4. The molecule has 3 aliphatic heterocycles. The van der Waals surface area contributed by atoms with Gasteiger partial charge in [0.1, 0.15) is 6.04 Å². The van der Waals surface area contributed by atoms with Gasteiger partial charge < -0.3 is 41.0 Å². The molecule has 0 fully saturated rings. The van der Waals surface area contributed by atoms with E-state index in [1.165, 1.54) is 0 Å². The molecule has 5 heterocycles. The molecule has 8 N–H and O–H groups in total. The van der Waals surface area contributed by atoms with Gasteiger partial charge in [0.2, 0.25) is 5.91 Å². The number of hydrogen-bond acceptors (Lipinski definition) is 7. The zero-order valence-corrected chi connectivity index (χ0v) is 29.6. The highest BCUT2D eigenvalue weighted by atomic mass is 16.4. The van der Waals surface area contributed by atoms with Gasteiger partial charge in [-0.05, 0) is 74.1 Å². The van der Waals surface area contributed by atoms with E-state index in [-0.39, 0.29) is 47.0 Å². The molecule has 0 aliphatic carbocycles. The van der Waals surface area contributed by atoms with Crippen LogP contribution in [0.3, 0.4) is 0 Å². The molecule has 0 radical (unpaired) electrons. The fraction of sp³-hybridized carbons (Fsp3) is 0.368. The number of aliphatic carboxylic acids is 3. The molecule has 14 nitrogen and oxygen atoms in total. The van der Waals surface area contributed by atoms with Gasteiger partial charge in [0.15, 0.2) is 0 Å². The number of aromatic nitrogens is 2. The average molecular weight is 714 g/mol. The van der Waals surface area contributed by atoms with Gasteiger partial charge in [-0.25, -0.2) is 9.59 Å². The number of H-pyrrole nitrogens is 2. The zero-order chi connectivity index (χ0) is 38.2. The van der Waals surface area contributed by atoms with E-state index >= 15 is 0 Å². The minimum atomic E-state index is -1.75. The zero-order valence-electron chi connectivity index (χ0n) is 29.6. The van der Waals surface area contributed by atoms with Crippen molar-refractivity contribution in [3.05, 3.63) is 73.5 Å². The molecular formula is C38H43N5O9. The number of fused-ring (bicyclic) bond motifs is 7. The number of nitrogens with zero attached hydrogens (tertiary/aromatic N) is 1. The van der Waals surface area contributed by atoms with Crippen molar-refractivity contribution in [2.75, 3.05) is 0 Å². The van der Waals surface area contributed by atoms with Gasteiger partial charge in [-0.15, -0.1) is 0 Å². The van der Waals surface area contributed by atoms with E-state index in [2.05, 4.69) is 27.2 Å². The highest BCUT2D eigenvalue weighted by Gasteiger charge is 2.37. The molecule has 1 unspecified atom stereocenters. The second-order valence-electron chi connectivity index (χ2n) is 13.4. The Hall–Kier alpha value is -5.92. The SMILES string of the molecule is C=Cc1c2[nH]c(c1C)/C=C1N=C(/C(CC(=O)N[C@@H](CC(=O)O)C(=O)O)=c3\[nH]/c(c(C)c3C(=O)O)=C\C3N/C(=C\2)C(C)=C3CC)[C@@H](CCC(=O)O)[C@@H]\1C. The highest BCUT2D eigenvalue weighted by molar-refractivity contribution is 6.24. The Morgan fingerprint density at radius 3 is 2.31 bits per heavy atom. The van der Waals surface area contributed by atoms with Gasteiger partial charge in [-0.3, -0.25) is 19.4 Å². The van der Waals surface area contributed by atoms with E-state index < -0.39 is 54.6 Å². The molecule has 4 atom stereocenters. The number of aromatic carboxylic acids is 1. The van der Waals surface area contributed by atoms with Gasteiger partial charge in [-0.2, -0.15) is 0 Å². The van der Waals surface area contributed by atoms with Crippen molar-refractivity contribution in [3.8, 4) is 0 Å². The third-order valence-electron chi connectivity index (χ3n) is 10.2. The number of amides is 1. The fourth-order valence-corrected chi connectivity index (χ4v) is 7.43. The molecule has 3 aliphatic rings. The molecule has 0 saturated carbocycles. The van der Waals surface area contributed by atoms with Gasteiger partial charge in [0.05, 0.1) is 35.5 Å². The summed E-state index contributed by atoms with van der Waals surface area (Å²) in [6.07, 6.45) is 6.63. The summed E-state index contributed by atoms with van der Waals surface area (Å²) in [5, 5.41) is 45.6. The highest BCUT2D eigenvalue weighted by Crippen LogP contribution is 2.39. The lowest BCUT2D eigenvalue weighted by atomic mass is 9.82. The Morgan fingerprint density at radius 1 is 1.00 bits per heavy atom. The van der Waals surface area contributed by atoms with Crippen molar-refractivity contribution in [1.29, 1.82) is 0 Å². The lowest BCUT2D eigenvalue weighted by Crippen LogP contribution is -2.43.